The largest absolute Gasteiger partial charge is 0.478 e. The van der Waals surface area contributed by atoms with Crippen LogP contribution in [0.5, 0.6) is 0 Å². The molecule has 0 radical (unpaired) electrons. The molecule has 67 heavy (non-hydrogen) atoms. The standard InChI is InChI=1S/C24H20F2N4O.C13H14F2N2.C11H8N2O2.3CH4.ClH/c25-19-3-4-21(26)18(14-19)15-24(16-27)7-12-30(13-8-24)23(31)20-2-1-9-29-22(20)17-5-10-28-11-6-17;14-11-1-2-12(15)10(7-11)8-13(9-16)3-5-17-6-4-13;14-11(15)9-2-1-5-13-10(9)8-3-6-12-7-4-8;;;;/h1-6,9-11,14H,7-8,12-13,15H2;1-2,7,17H,3-6,8H2;1-7H,(H,14,15);3*1H4;1H. The van der Waals surface area contributed by atoms with Gasteiger partial charge in [0.1, 0.15) is 23.3 Å². The number of carboxylic acid groups (broad SMARTS) is 1. The first-order chi connectivity index (χ1) is 30.4. The lowest BCUT2D eigenvalue weighted by atomic mass is 9.75. The zero-order valence-corrected chi connectivity index (χ0v) is 35.2. The predicted octanol–water partition coefficient (Wildman–Crippen LogP) is 11.0. The molecule has 16 heteroatoms. The second kappa shape index (κ2) is 26.2. The Morgan fingerprint density at radius 3 is 1.48 bits per heavy atom. The molecule has 0 spiro atoms. The quantitative estimate of drug-likeness (QED) is 0.140. The highest BCUT2D eigenvalue weighted by molar-refractivity contribution is 6.00. The number of rotatable bonds is 8. The van der Waals surface area contributed by atoms with Gasteiger partial charge in [0.05, 0.1) is 45.5 Å². The van der Waals surface area contributed by atoms with Crippen LogP contribution >= 0.6 is 12.4 Å². The van der Waals surface area contributed by atoms with Crippen molar-refractivity contribution in [3.63, 3.8) is 0 Å². The van der Waals surface area contributed by atoms with Gasteiger partial charge in [0.25, 0.3) is 5.91 Å². The second-order valence-corrected chi connectivity index (χ2v) is 15.2. The van der Waals surface area contributed by atoms with Crippen LogP contribution in [-0.4, -0.2) is 68.0 Å². The number of pyridine rings is 4. The van der Waals surface area contributed by atoms with E-state index >= 15 is 0 Å². The van der Waals surface area contributed by atoms with E-state index in [1.165, 1.54) is 12.1 Å². The molecule has 0 atom stereocenters. The normalized spacial score (nSPS) is 14.0. The number of amides is 1. The fourth-order valence-corrected chi connectivity index (χ4v) is 7.59. The molecule has 0 bridgehead atoms. The van der Waals surface area contributed by atoms with Gasteiger partial charge < -0.3 is 15.3 Å². The molecule has 0 aliphatic carbocycles. The van der Waals surface area contributed by atoms with Gasteiger partial charge in [0.2, 0.25) is 0 Å². The predicted molar refractivity (Wildman–Crippen MR) is 253 cm³/mol. The number of carboxylic acids is 1. The Morgan fingerprint density at radius 2 is 1.04 bits per heavy atom. The number of nitrogens with zero attached hydrogens (tertiary/aromatic N) is 7. The number of benzene rings is 2. The number of likely N-dealkylation sites (tertiary alicyclic amines) is 1. The van der Waals surface area contributed by atoms with Crippen LogP contribution in [0, 0.1) is 56.8 Å². The molecule has 352 valence electrons. The first-order valence-electron chi connectivity index (χ1n) is 20.1. The summed E-state index contributed by atoms with van der Waals surface area (Å²) in [6.07, 6.45) is 12.2. The number of nitrogens with one attached hydrogen (secondary N) is 1. The maximum absolute atomic E-state index is 14.1. The summed E-state index contributed by atoms with van der Waals surface area (Å²) in [5.41, 5.74) is 2.36. The molecule has 2 saturated heterocycles. The van der Waals surface area contributed by atoms with Gasteiger partial charge in [-0.05, 0) is 148 Å². The smallest absolute Gasteiger partial charge is 0.337 e. The average molecular weight is 939 g/mol. The van der Waals surface area contributed by atoms with E-state index in [2.05, 4.69) is 37.4 Å². The summed E-state index contributed by atoms with van der Waals surface area (Å²) < 4.78 is 54.3. The molecule has 6 aromatic rings. The lowest BCUT2D eigenvalue weighted by molar-refractivity contribution is 0.0645. The van der Waals surface area contributed by atoms with Gasteiger partial charge in [-0.3, -0.25) is 24.7 Å². The van der Waals surface area contributed by atoms with E-state index in [4.69, 9.17) is 5.11 Å². The SMILES string of the molecule is C.C.C.Cl.N#CC1(Cc2cc(F)ccc2F)CCN(C(=O)c2cccnc2-c2ccncc2)CC1.N#CC1(Cc2cc(F)ccc2F)CCNCC1.O=C(O)c1cccnc1-c1ccncc1. The first kappa shape index (κ1) is 56.1. The van der Waals surface area contributed by atoms with Crippen molar-refractivity contribution in [3.8, 4) is 34.7 Å². The molecule has 2 aromatic carbocycles. The number of halogens is 5. The molecule has 2 fully saturated rings. The van der Waals surface area contributed by atoms with Crippen LogP contribution in [0.4, 0.5) is 17.6 Å². The topological polar surface area (TPSA) is 169 Å². The van der Waals surface area contributed by atoms with Crippen LogP contribution in [0.15, 0.2) is 122 Å². The maximum Gasteiger partial charge on any atom is 0.337 e. The van der Waals surface area contributed by atoms with Gasteiger partial charge in [0.15, 0.2) is 0 Å². The fourth-order valence-electron chi connectivity index (χ4n) is 7.59. The molecule has 2 aliphatic rings. The van der Waals surface area contributed by atoms with Crippen molar-refractivity contribution in [1.82, 2.24) is 30.2 Å². The molecule has 2 aliphatic heterocycles. The molecule has 6 heterocycles. The van der Waals surface area contributed by atoms with Crippen molar-refractivity contribution >= 4 is 24.3 Å². The molecule has 2 N–H and O–H groups in total. The Hall–Kier alpha value is -7.07. The lowest BCUT2D eigenvalue weighted by Crippen LogP contribution is -2.43. The Kier molecular flexibility index (Phi) is 21.9. The number of aromatic nitrogens is 4. The van der Waals surface area contributed by atoms with Crippen molar-refractivity contribution < 1.29 is 32.3 Å². The number of hydrogen-bond donors (Lipinski definition) is 2. The van der Waals surface area contributed by atoms with Crippen LogP contribution in [0.25, 0.3) is 22.5 Å². The molecule has 0 saturated carbocycles. The Labute approximate surface area is 396 Å². The summed E-state index contributed by atoms with van der Waals surface area (Å²) in [6, 6.07) is 24.9. The van der Waals surface area contributed by atoms with Crippen molar-refractivity contribution in [2.24, 2.45) is 10.8 Å². The third kappa shape index (κ3) is 14.5. The third-order valence-corrected chi connectivity index (χ3v) is 11.1. The molecular weight excluding hydrogens is 884 g/mol. The molecular formula is C51H55ClF4N8O3. The van der Waals surface area contributed by atoms with Crippen LogP contribution < -0.4 is 5.32 Å². The Bertz CT molecular complexity index is 2620. The Balaban J connectivity index is 0.000000365. The van der Waals surface area contributed by atoms with E-state index < -0.39 is 40.1 Å². The summed E-state index contributed by atoms with van der Waals surface area (Å²) >= 11 is 0. The monoisotopic (exact) mass is 938 g/mol. The zero-order valence-electron chi connectivity index (χ0n) is 34.4. The van der Waals surface area contributed by atoms with Crippen molar-refractivity contribution in [3.05, 3.63) is 168 Å². The fraction of sp³-hybridized carbons (Fsp3) is 0.294. The third-order valence-electron chi connectivity index (χ3n) is 11.1. The summed E-state index contributed by atoms with van der Waals surface area (Å²) in [4.78, 5) is 42.2. The zero-order chi connectivity index (χ0) is 44.8. The minimum atomic E-state index is -0.977. The molecule has 1 amide bonds. The summed E-state index contributed by atoms with van der Waals surface area (Å²) in [5, 5.41) is 31.2. The van der Waals surface area contributed by atoms with E-state index in [0.717, 1.165) is 54.5 Å². The molecule has 4 aromatic heterocycles. The summed E-state index contributed by atoms with van der Waals surface area (Å²) in [6.45, 7) is 2.22. The number of carbonyl (C=O) groups excluding carboxylic acids is 1. The average Bonchev–Trinajstić information content (AvgIpc) is 3.32. The number of aromatic carboxylic acids is 1. The van der Waals surface area contributed by atoms with Gasteiger partial charge in [-0.2, -0.15) is 10.5 Å². The van der Waals surface area contributed by atoms with Gasteiger partial charge >= 0.3 is 5.97 Å². The van der Waals surface area contributed by atoms with Gasteiger partial charge in [-0.15, -0.1) is 12.4 Å². The highest BCUT2D eigenvalue weighted by atomic mass is 35.5. The van der Waals surface area contributed by atoms with E-state index in [0.29, 0.717) is 61.3 Å². The van der Waals surface area contributed by atoms with Crippen molar-refractivity contribution in [2.45, 2.75) is 60.8 Å². The summed E-state index contributed by atoms with van der Waals surface area (Å²) in [5.74, 6) is -3.08. The Morgan fingerprint density at radius 1 is 0.627 bits per heavy atom. The van der Waals surface area contributed by atoms with Crippen LogP contribution in [0.2, 0.25) is 0 Å². The second-order valence-electron chi connectivity index (χ2n) is 15.2. The number of carbonyl (C=O) groups is 2. The van der Waals surface area contributed by atoms with Gasteiger partial charge in [-0.25, -0.2) is 22.4 Å². The minimum Gasteiger partial charge on any atom is -0.478 e. The summed E-state index contributed by atoms with van der Waals surface area (Å²) in [7, 11) is 0. The first-order valence-corrected chi connectivity index (χ1v) is 20.1. The maximum atomic E-state index is 14.1. The van der Waals surface area contributed by atoms with E-state index in [-0.39, 0.29) is 64.6 Å². The highest BCUT2D eigenvalue weighted by Gasteiger charge is 2.38. The number of hydrogen-bond acceptors (Lipinski definition) is 9. The number of piperidine rings is 2. The van der Waals surface area contributed by atoms with E-state index in [1.807, 2.05) is 0 Å². The van der Waals surface area contributed by atoms with Crippen LogP contribution in [-0.2, 0) is 12.8 Å². The van der Waals surface area contributed by atoms with Crippen molar-refractivity contribution in [2.75, 3.05) is 26.2 Å². The minimum absolute atomic E-state index is 0. The molecule has 8 rings (SSSR count). The van der Waals surface area contributed by atoms with Gasteiger partial charge in [0, 0.05) is 61.4 Å². The van der Waals surface area contributed by atoms with Crippen LogP contribution in [0.1, 0.15) is 79.8 Å². The van der Waals surface area contributed by atoms with E-state index in [9.17, 15) is 37.7 Å². The number of nitriles is 2. The molecule has 11 nitrogen and oxygen atoms in total. The van der Waals surface area contributed by atoms with Gasteiger partial charge in [-0.1, -0.05) is 22.3 Å². The van der Waals surface area contributed by atoms with Crippen molar-refractivity contribution in [1.29, 1.82) is 10.5 Å². The lowest BCUT2D eigenvalue weighted by Gasteiger charge is -2.37. The highest BCUT2D eigenvalue weighted by Crippen LogP contribution is 2.37. The molecule has 0 unspecified atom stereocenters. The van der Waals surface area contributed by atoms with E-state index in [1.54, 1.807) is 84.5 Å². The van der Waals surface area contributed by atoms with Crippen LogP contribution in [0.3, 0.4) is 0 Å².